The number of hydrogen-bond acceptors (Lipinski definition) is 4. The zero-order chi connectivity index (χ0) is 10.7. The van der Waals surface area contributed by atoms with Crippen molar-refractivity contribution in [1.82, 2.24) is 0 Å². The molecule has 1 heterocycles. The summed E-state index contributed by atoms with van der Waals surface area (Å²) in [4.78, 5) is 0. The molecule has 0 bridgehead atoms. The summed E-state index contributed by atoms with van der Waals surface area (Å²) in [6, 6.07) is 7.88. The van der Waals surface area contributed by atoms with Gasteiger partial charge in [0.25, 0.3) is 0 Å². The molecule has 4 heteroatoms. The summed E-state index contributed by atoms with van der Waals surface area (Å²) in [6.07, 6.45) is 0.656. The fourth-order valence-electron chi connectivity index (χ4n) is 1.53. The van der Waals surface area contributed by atoms with Crippen molar-refractivity contribution in [1.29, 1.82) is 5.26 Å². The van der Waals surface area contributed by atoms with Crippen LogP contribution in [0.3, 0.4) is 0 Å². The average Bonchev–Trinajstić information content (AvgIpc) is 2.73. The van der Waals surface area contributed by atoms with E-state index in [9.17, 15) is 0 Å². The number of rotatable bonds is 3. The number of nitrogens with zero attached hydrogens (tertiary/aromatic N) is 1. The molecule has 0 spiro atoms. The Morgan fingerprint density at radius 1 is 1.40 bits per heavy atom. The van der Waals surface area contributed by atoms with Crippen molar-refractivity contribution >= 4 is 0 Å². The van der Waals surface area contributed by atoms with Crippen LogP contribution in [0.15, 0.2) is 18.2 Å². The lowest BCUT2D eigenvalue weighted by atomic mass is 10.0. The number of fused-ring (bicyclic) bond motifs is 1. The molecule has 0 saturated heterocycles. The Hall–Kier alpha value is -1.73. The molecule has 2 N–H and O–H groups in total. The average molecular weight is 204 g/mol. The molecule has 0 saturated carbocycles. The standard InChI is InChI=1S/C11H12N2O2/c12-5-9(6-13)3-8-1-2-10-11(4-8)15-7-14-10/h1-2,4,9H,3,5,7,12H2. The van der Waals surface area contributed by atoms with E-state index in [2.05, 4.69) is 6.07 Å². The molecule has 1 aliphatic rings. The highest BCUT2D eigenvalue weighted by molar-refractivity contribution is 5.44. The molecule has 1 aromatic rings. The number of hydrogen-bond donors (Lipinski definition) is 1. The van der Waals surface area contributed by atoms with Crippen LogP contribution < -0.4 is 15.2 Å². The summed E-state index contributed by atoms with van der Waals surface area (Å²) in [5.74, 6) is 1.38. The lowest BCUT2D eigenvalue weighted by Gasteiger charge is -2.06. The summed E-state index contributed by atoms with van der Waals surface area (Å²) in [7, 11) is 0. The van der Waals surface area contributed by atoms with Gasteiger partial charge in [0.15, 0.2) is 11.5 Å². The van der Waals surface area contributed by atoms with Gasteiger partial charge in [0.05, 0.1) is 12.0 Å². The number of ether oxygens (including phenoxy) is 2. The van der Waals surface area contributed by atoms with Crippen molar-refractivity contribution in [2.75, 3.05) is 13.3 Å². The van der Waals surface area contributed by atoms with Gasteiger partial charge in [0, 0.05) is 6.54 Å². The summed E-state index contributed by atoms with van der Waals surface area (Å²) in [5.41, 5.74) is 6.52. The van der Waals surface area contributed by atoms with E-state index in [1.54, 1.807) is 0 Å². The van der Waals surface area contributed by atoms with Crippen LogP contribution in [0, 0.1) is 17.2 Å². The molecular formula is C11H12N2O2. The first-order valence-corrected chi connectivity index (χ1v) is 4.81. The zero-order valence-corrected chi connectivity index (χ0v) is 8.27. The van der Waals surface area contributed by atoms with E-state index in [0.717, 1.165) is 17.1 Å². The Morgan fingerprint density at radius 3 is 2.93 bits per heavy atom. The van der Waals surface area contributed by atoms with Crippen LogP contribution >= 0.6 is 0 Å². The van der Waals surface area contributed by atoms with Crippen LogP contribution in [0.1, 0.15) is 5.56 Å². The SMILES string of the molecule is N#CC(CN)Cc1ccc2c(c1)OCO2. The maximum Gasteiger partial charge on any atom is 0.231 e. The Morgan fingerprint density at radius 2 is 2.20 bits per heavy atom. The van der Waals surface area contributed by atoms with Gasteiger partial charge in [0.1, 0.15) is 0 Å². The molecule has 1 aromatic carbocycles. The minimum Gasteiger partial charge on any atom is -0.454 e. The topological polar surface area (TPSA) is 68.3 Å². The maximum absolute atomic E-state index is 8.79. The minimum atomic E-state index is -0.134. The van der Waals surface area contributed by atoms with Gasteiger partial charge < -0.3 is 15.2 Å². The second-order valence-electron chi connectivity index (χ2n) is 3.45. The van der Waals surface area contributed by atoms with Crippen LogP contribution in [0.25, 0.3) is 0 Å². The molecule has 0 radical (unpaired) electrons. The first kappa shape index (κ1) is 9.81. The highest BCUT2D eigenvalue weighted by Gasteiger charge is 2.14. The maximum atomic E-state index is 8.79. The highest BCUT2D eigenvalue weighted by atomic mass is 16.7. The van der Waals surface area contributed by atoms with Crippen molar-refractivity contribution < 1.29 is 9.47 Å². The molecule has 78 valence electrons. The first-order chi connectivity index (χ1) is 7.33. The summed E-state index contributed by atoms with van der Waals surface area (Å²) in [5, 5.41) is 8.79. The smallest absolute Gasteiger partial charge is 0.231 e. The van der Waals surface area contributed by atoms with E-state index in [4.69, 9.17) is 20.5 Å². The van der Waals surface area contributed by atoms with Crippen LogP contribution in [0.5, 0.6) is 11.5 Å². The lowest BCUT2D eigenvalue weighted by molar-refractivity contribution is 0.174. The predicted molar refractivity (Wildman–Crippen MR) is 54.4 cm³/mol. The molecule has 0 fully saturated rings. The van der Waals surface area contributed by atoms with Crippen LogP contribution in [0.4, 0.5) is 0 Å². The number of benzene rings is 1. The first-order valence-electron chi connectivity index (χ1n) is 4.81. The van der Waals surface area contributed by atoms with E-state index in [0.29, 0.717) is 13.0 Å². The molecule has 1 unspecified atom stereocenters. The monoisotopic (exact) mass is 204 g/mol. The van der Waals surface area contributed by atoms with Gasteiger partial charge in [-0.3, -0.25) is 0 Å². The number of nitriles is 1. The van der Waals surface area contributed by atoms with E-state index in [1.807, 2.05) is 18.2 Å². The Labute approximate surface area is 88.2 Å². The summed E-state index contributed by atoms with van der Waals surface area (Å²) >= 11 is 0. The largest absolute Gasteiger partial charge is 0.454 e. The Kier molecular flexibility index (Phi) is 2.75. The quantitative estimate of drug-likeness (QED) is 0.799. The van der Waals surface area contributed by atoms with Crippen LogP contribution in [-0.4, -0.2) is 13.3 Å². The second kappa shape index (κ2) is 4.20. The summed E-state index contributed by atoms with van der Waals surface area (Å²) in [6.45, 7) is 0.655. The third-order valence-electron chi connectivity index (χ3n) is 2.39. The summed E-state index contributed by atoms with van der Waals surface area (Å²) < 4.78 is 10.5. The van der Waals surface area contributed by atoms with E-state index in [-0.39, 0.29) is 12.7 Å². The Bertz CT molecular complexity index is 398. The third-order valence-corrected chi connectivity index (χ3v) is 2.39. The van der Waals surface area contributed by atoms with Crippen molar-refractivity contribution in [2.45, 2.75) is 6.42 Å². The minimum absolute atomic E-state index is 0.134. The van der Waals surface area contributed by atoms with Crippen molar-refractivity contribution in [3.05, 3.63) is 23.8 Å². The number of nitrogens with two attached hydrogens (primary N) is 1. The molecule has 0 amide bonds. The van der Waals surface area contributed by atoms with Crippen molar-refractivity contribution in [3.63, 3.8) is 0 Å². The second-order valence-corrected chi connectivity index (χ2v) is 3.45. The van der Waals surface area contributed by atoms with E-state index < -0.39 is 0 Å². The predicted octanol–water partition coefficient (Wildman–Crippen LogP) is 1.06. The van der Waals surface area contributed by atoms with Crippen LogP contribution in [-0.2, 0) is 6.42 Å². The normalized spacial score (nSPS) is 14.7. The van der Waals surface area contributed by atoms with Crippen molar-refractivity contribution in [3.8, 4) is 17.6 Å². The third kappa shape index (κ3) is 2.03. The molecule has 0 aliphatic carbocycles. The van der Waals surface area contributed by atoms with Gasteiger partial charge in [-0.2, -0.15) is 5.26 Å². The van der Waals surface area contributed by atoms with Crippen LogP contribution in [0.2, 0.25) is 0 Å². The van der Waals surface area contributed by atoms with E-state index >= 15 is 0 Å². The van der Waals surface area contributed by atoms with Gasteiger partial charge in [0.2, 0.25) is 6.79 Å². The fraction of sp³-hybridized carbons (Fsp3) is 0.364. The molecule has 1 atom stereocenters. The molecule has 1 aliphatic heterocycles. The van der Waals surface area contributed by atoms with E-state index in [1.165, 1.54) is 0 Å². The zero-order valence-electron chi connectivity index (χ0n) is 8.27. The van der Waals surface area contributed by atoms with Gasteiger partial charge in [-0.05, 0) is 24.1 Å². The van der Waals surface area contributed by atoms with Gasteiger partial charge in [-0.1, -0.05) is 6.07 Å². The van der Waals surface area contributed by atoms with Gasteiger partial charge in [-0.25, -0.2) is 0 Å². The lowest BCUT2D eigenvalue weighted by Crippen LogP contribution is -2.14. The highest BCUT2D eigenvalue weighted by Crippen LogP contribution is 2.32. The molecule has 0 aromatic heterocycles. The molecular weight excluding hydrogens is 192 g/mol. The fourth-order valence-corrected chi connectivity index (χ4v) is 1.53. The van der Waals surface area contributed by atoms with Gasteiger partial charge in [-0.15, -0.1) is 0 Å². The Balaban J connectivity index is 2.13. The van der Waals surface area contributed by atoms with Gasteiger partial charge >= 0.3 is 0 Å². The molecule has 4 nitrogen and oxygen atoms in total. The molecule has 15 heavy (non-hydrogen) atoms. The molecule has 2 rings (SSSR count). The van der Waals surface area contributed by atoms with Crippen molar-refractivity contribution in [2.24, 2.45) is 11.7 Å².